The summed E-state index contributed by atoms with van der Waals surface area (Å²) in [5.41, 5.74) is 1.25. The average Bonchev–Trinajstić information content (AvgIpc) is 2.94. The number of anilines is 1. The zero-order valence-corrected chi connectivity index (χ0v) is 26.2. The van der Waals surface area contributed by atoms with Gasteiger partial charge in [0, 0.05) is 47.6 Å². The first-order valence-electron chi connectivity index (χ1n) is 13.7. The summed E-state index contributed by atoms with van der Waals surface area (Å²) in [5.74, 6) is -1.41. The maximum absolute atomic E-state index is 14.5. The van der Waals surface area contributed by atoms with Crippen molar-refractivity contribution in [3.05, 3.63) is 99.8 Å². The molecule has 226 valence electrons. The van der Waals surface area contributed by atoms with Gasteiger partial charge < -0.3 is 10.2 Å². The summed E-state index contributed by atoms with van der Waals surface area (Å²) in [4.78, 5) is 29.0. The highest BCUT2D eigenvalue weighted by atomic mass is 35.5. The lowest BCUT2D eigenvalue weighted by molar-refractivity contribution is -0.141. The van der Waals surface area contributed by atoms with E-state index in [0.29, 0.717) is 22.0 Å². The molecule has 11 heteroatoms. The molecule has 0 aliphatic heterocycles. The predicted molar refractivity (Wildman–Crippen MR) is 167 cm³/mol. The standard InChI is InChI=1S/C31H36Cl2FN3O4S/c1-4-22(2)35-31(39)29(20-23-12-6-5-7-13-23)36(21-24-25(32)14-10-15-26(24)33)30(38)18-11-19-37(42(3,40)41)28-17-9-8-16-27(28)34/h5-10,12-17,22,29H,4,11,18-21H2,1-3H3,(H,35,39)/t22-,29+/m1/s1. The van der Waals surface area contributed by atoms with Crippen molar-refractivity contribution in [1.82, 2.24) is 10.2 Å². The summed E-state index contributed by atoms with van der Waals surface area (Å²) in [5, 5.41) is 3.70. The number of rotatable bonds is 14. The Kier molecular flexibility index (Phi) is 12.2. The number of carbonyl (C=O) groups excluding carboxylic acids is 2. The number of hydrogen-bond acceptors (Lipinski definition) is 4. The van der Waals surface area contributed by atoms with Gasteiger partial charge in [0.05, 0.1) is 11.9 Å². The van der Waals surface area contributed by atoms with Gasteiger partial charge in [0.25, 0.3) is 0 Å². The molecule has 7 nitrogen and oxygen atoms in total. The van der Waals surface area contributed by atoms with Crippen LogP contribution >= 0.6 is 23.2 Å². The summed E-state index contributed by atoms with van der Waals surface area (Å²) in [6.45, 7) is 3.67. The van der Waals surface area contributed by atoms with Crippen LogP contribution in [0.3, 0.4) is 0 Å². The van der Waals surface area contributed by atoms with Gasteiger partial charge >= 0.3 is 0 Å². The number of para-hydroxylation sites is 1. The predicted octanol–water partition coefficient (Wildman–Crippen LogP) is 6.23. The minimum absolute atomic E-state index is 0.0358. The van der Waals surface area contributed by atoms with Gasteiger partial charge in [-0.15, -0.1) is 0 Å². The van der Waals surface area contributed by atoms with Crippen LogP contribution in [0.25, 0.3) is 0 Å². The van der Waals surface area contributed by atoms with Crippen LogP contribution in [0, 0.1) is 5.82 Å². The molecule has 0 spiro atoms. The quantitative estimate of drug-likeness (QED) is 0.227. The molecule has 1 N–H and O–H groups in total. The topological polar surface area (TPSA) is 86.8 Å². The van der Waals surface area contributed by atoms with E-state index in [1.807, 2.05) is 44.2 Å². The summed E-state index contributed by atoms with van der Waals surface area (Å²) >= 11 is 13.0. The van der Waals surface area contributed by atoms with Crippen molar-refractivity contribution in [2.45, 2.75) is 58.2 Å². The fraction of sp³-hybridized carbons (Fsp3) is 0.355. The molecule has 0 unspecified atom stereocenters. The second-order valence-electron chi connectivity index (χ2n) is 10.1. The summed E-state index contributed by atoms with van der Waals surface area (Å²) in [7, 11) is -3.84. The highest BCUT2D eigenvalue weighted by Crippen LogP contribution is 2.28. The second kappa shape index (κ2) is 15.4. The van der Waals surface area contributed by atoms with Gasteiger partial charge in [0.2, 0.25) is 21.8 Å². The van der Waals surface area contributed by atoms with Gasteiger partial charge in [-0.25, -0.2) is 12.8 Å². The van der Waals surface area contributed by atoms with Crippen LogP contribution < -0.4 is 9.62 Å². The van der Waals surface area contributed by atoms with E-state index < -0.39 is 27.8 Å². The molecule has 0 heterocycles. The van der Waals surface area contributed by atoms with Gasteiger partial charge in [-0.1, -0.05) is 78.7 Å². The van der Waals surface area contributed by atoms with Crippen LogP contribution in [-0.2, 0) is 32.6 Å². The van der Waals surface area contributed by atoms with E-state index in [2.05, 4.69) is 5.32 Å². The Morgan fingerprint density at radius 3 is 2.17 bits per heavy atom. The number of carbonyl (C=O) groups is 2. The Morgan fingerprint density at radius 2 is 1.57 bits per heavy atom. The van der Waals surface area contributed by atoms with E-state index in [9.17, 15) is 22.4 Å². The number of nitrogens with one attached hydrogen (secondary N) is 1. The molecule has 0 aromatic heterocycles. The van der Waals surface area contributed by atoms with Crippen LogP contribution in [0.1, 0.15) is 44.2 Å². The van der Waals surface area contributed by atoms with Gasteiger partial charge in [0.15, 0.2) is 0 Å². The first-order chi connectivity index (χ1) is 19.9. The van der Waals surface area contributed by atoms with Gasteiger partial charge in [0.1, 0.15) is 11.9 Å². The summed E-state index contributed by atoms with van der Waals surface area (Å²) in [6.07, 6.45) is 1.90. The molecule has 0 bridgehead atoms. The molecule has 0 saturated heterocycles. The molecule has 0 saturated carbocycles. The second-order valence-corrected chi connectivity index (χ2v) is 12.9. The average molecular weight is 637 g/mol. The molecule has 0 fully saturated rings. The van der Waals surface area contributed by atoms with Crippen LogP contribution in [0.5, 0.6) is 0 Å². The van der Waals surface area contributed by atoms with Crippen LogP contribution in [0.4, 0.5) is 10.1 Å². The molecule has 0 aliphatic carbocycles. The Bertz CT molecular complexity index is 1450. The van der Waals surface area contributed by atoms with Gasteiger partial charge in [-0.2, -0.15) is 0 Å². The fourth-order valence-electron chi connectivity index (χ4n) is 4.49. The van der Waals surface area contributed by atoms with Gasteiger partial charge in [-0.3, -0.25) is 13.9 Å². The molecule has 2 amide bonds. The van der Waals surface area contributed by atoms with Crippen LogP contribution in [-0.4, -0.2) is 50.0 Å². The molecule has 3 aromatic carbocycles. The van der Waals surface area contributed by atoms with Crippen LogP contribution in [0.2, 0.25) is 10.0 Å². The number of halogens is 3. The monoisotopic (exact) mass is 635 g/mol. The zero-order chi connectivity index (χ0) is 30.9. The first-order valence-corrected chi connectivity index (χ1v) is 16.3. The highest BCUT2D eigenvalue weighted by molar-refractivity contribution is 7.92. The smallest absolute Gasteiger partial charge is 0.243 e. The van der Waals surface area contributed by atoms with E-state index in [0.717, 1.165) is 16.1 Å². The number of nitrogens with zero attached hydrogens (tertiary/aromatic N) is 2. The van der Waals surface area contributed by atoms with Crippen molar-refractivity contribution >= 4 is 50.7 Å². The summed E-state index contributed by atoms with van der Waals surface area (Å²) in [6, 6.07) is 18.9. The molecule has 0 radical (unpaired) electrons. The van der Waals surface area contributed by atoms with Crippen molar-refractivity contribution in [3.63, 3.8) is 0 Å². The molecule has 3 rings (SSSR count). The highest BCUT2D eigenvalue weighted by Gasteiger charge is 2.32. The SMILES string of the molecule is CC[C@@H](C)NC(=O)[C@H](Cc1ccccc1)N(Cc1c(Cl)cccc1Cl)C(=O)CCCN(c1ccccc1F)S(C)(=O)=O. The normalized spacial score (nSPS) is 12.8. The van der Waals surface area contributed by atoms with Gasteiger partial charge in [-0.05, 0) is 49.6 Å². The Balaban J connectivity index is 1.94. The van der Waals surface area contributed by atoms with E-state index in [4.69, 9.17) is 23.2 Å². The molecule has 3 aromatic rings. The van der Waals surface area contributed by atoms with Crippen molar-refractivity contribution < 1.29 is 22.4 Å². The number of amides is 2. The largest absolute Gasteiger partial charge is 0.352 e. The fourth-order valence-corrected chi connectivity index (χ4v) is 5.97. The van der Waals surface area contributed by atoms with Crippen molar-refractivity contribution in [1.29, 1.82) is 0 Å². The maximum Gasteiger partial charge on any atom is 0.243 e. The lowest BCUT2D eigenvalue weighted by Crippen LogP contribution is -2.52. The summed E-state index contributed by atoms with van der Waals surface area (Å²) < 4.78 is 40.5. The number of sulfonamides is 1. The third-order valence-electron chi connectivity index (χ3n) is 6.94. The van der Waals surface area contributed by atoms with Crippen molar-refractivity contribution in [2.75, 3.05) is 17.1 Å². The zero-order valence-electron chi connectivity index (χ0n) is 23.9. The maximum atomic E-state index is 14.5. The van der Waals surface area contributed by atoms with Crippen molar-refractivity contribution in [3.8, 4) is 0 Å². The number of hydrogen-bond donors (Lipinski definition) is 1. The molecular formula is C31H36Cl2FN3O4S. The Labute approximate surface area is 257 Å². The molecule has 2 atom stereocenters. The van der Waals surface area contributed by atoms with E-state index >= 15 is 0 Å². The lowest BCUT2D eigenvalue weighted by atomic mass is 10.0. The minimum Gasteiger partial charge on any atom is -0.352 e. The van der Waals surface area contributed by atoms with E-state index in [-0.39, 0.29) is 50.0 Å². The minimum atomic E-state index is -3.84. The Hall–Kier alpha value is -3.14. The van der Waals surface area contributed by atoms with Crippen LogP contribution in [0.15, 0.2) is 72.8 Å². The molecule has 0 aliphatic rings. The Morgan fingerprint density at radius 1 is 0.952 bits per heavy atom. The molecule has 42 heavy (non-hydrogen) atoms. The third-order valence-corrected chi connectivity index (χ3v) is 8.82. The molecular weight excluding hydrogens is 600 g/mol. The lowest BCUT2D eigenvalue weighted by Gasteiger charge is -2.33. The van der Waals surface area contributed by atoms with Crippen molar-refractivity contribution in [2.24, 2.45) is 0 Å². The first kappa shape index (κ1) is 33.4. The number of benzene rings is 3. The van der Waals surface area contributed by atoms with E-state index in [1.54, 1.807) is 24.3 Å². The van der Waals surface area contributed by atoms with E-state index in [1.165, 1.54) is 23.1 Å². The third kappa shape index (κ3) is 9.18.